The highest BCUT2D eigenvalue weighted by molar-refractivity contribution is 7.27. The molecule has 5 aromatic carbocycles. The Morgan fingerprint density at radius 2 is 0.688 bits per heavy atom. The number of aryl methyl sites for hydroxylation is 2. The lowest BCUT2D eigenvalue weighted by Crippen LogP contribution is -1.87. The van der Waals surface area contributed by atoms with Crippen molar-refractivity contribution in [1.82, 2.24) is 0 Å². The van der Waals surface area contributed by atoms with Crippen LogP contribution < -0.4 is 0 Å². The minimum Gasteiger partial charge on any atom is -0.135 e. The molecule has 2 aromatic heterocycles. The molecule has 0 spiro atoms. The van der Waals surface area contributed by atoms with E-state index in [4.69, 9.17) is 0 Å². The van der Waals surface area contributed by atoms with Crippen molar-refractivity contribution >= 4 is 84.6 Å². The lowest BCUT2D eigenvalue weighted by molar-refractivity contribution is 0.575. The van der Waals surface area contributed by atoms with Gasteiger partial charge >= 0.3 is 0 Å². The molecule has 0 nitrogen and oxygen atoms in total. The molecule has 48 heavy (non-hydrogen) atoms. The minimum atomic E-state index is 1.20. The zero-order valence-corrected chi connectivity index (χ0v) is 31.1. The van der Waals surface area contributed by atoms with Crippen molar-refractivity contribution in [3.05, 3.63) is 83.9 Å². The van der Waals surface area contributed by atoms with Gasteiger partial charge in [0, 0.05) is 40.3 Å². The molecule has 0 bridgehead atoms. The molecule has 7 rings (SSSR count). The van der Waals surface area contributed by atoms with E-state index in [0.717, 1.165) is 0 Å². The molecule has 0 aliphatic carbocycles. The Bertz CT molecular complexity index is 1970. The summed E-state index contributed by atoms with van der Waals surface area (Å²) < 4.78 is 5.65. The maximum Gasteiger partial charge on any atom is 0.0362 e. The molecule has 2 heteroatoms. The molecule has 0 unspecified atom stereocenters. The topological polar surface area (TPSA) is 0 Å². The molecular formula is C46H54S2. The molecule has 0 saturated carbocycles. The monoisotopic (exact) mass is 670 g/mol. The first-order chi connectivity index (χ1) is 23.7. The molecule has 0 N–H and O–H groups in total. The standard InChI is InChI=1S/C46H54S2/c1-3-5-7-9-11-13-15-17-19-33-21-23-35-27-39-41-31-46-42(32-45(41)47-43(39)29-37(35)25-33)40-28-36-24-22-34(26-38(36)30-44(40)48-46)20-18-16-14-12-10-8-6-4-2/h21-32H,3-20H2,1-2H3. The van der Waals surface area contributed by atoms with Gasteiger partial charge in [0.15, 0.2) is 0 Å². The predicted molar refractivity (Wildman–Crippen MR) is 220 cm³/mol. The summed E-state index contributed by atoms with van der Waals surface area (Å²) in [5.41, 5.74) is 2.99. The summed E-state index contributed by atoms with van der Waals surface area (Å²) in [5, 5.41) is 11.2. The van der Waals surface area contributed by atoms with Crippen LogP contribution in [0.5, 0.6) is 0 Å². The molecule has 7 aromatic rings. The number of benzene rings is 5. The van der Waals surface area contributed by atoms with E-state index in [1.165, 1.54) is 189 Å². The van der Waals surface area contributed by atoms with Crippen LogP contribution >= 0.6 is 22.7 Å². The Hall–Kier alpha value is -2.94. The van der Waals surface area contributed by atoms with Gasteiger partial charge in [0.1, 0.15) is 0 Å². The first-order valence-electron chi connectivity index (χ1n) is 19.4. The Balaban J connectivity index is 1.06. The number of fused-ring (bicyclic) bond motifs is 8. The quantitative estimate of drug-likeness (QED) is 0.0797. The maximum absolute atomic E-state index is 2.48. The third-order valence-corrected chi connectivity index (χ3v) is 13.0. The average Bonchev–Trinajstić information content (AvgIpc) is 3.63. The van der Waals surface area contributed by atoms with E-state index in [9.17, 15) is 0 Å². The van der Waals surface area contributed by atoms with Crippen LogP contribution in [0.1, 0.15) is 128 Å². The van der Waals surface area contributed by atoms with Crippen LogP contribution in [0.3, 0.4) is 0 Å². The molecular weight excluding hydrogens is 617 g/mol. The Kier molecular flexibility index (Phi) is 11.3. The van der Waals surface area contributed by atoms with E-state index in [1.54, 1.807) is 0 Å². The van der Waals surface area contributed by atoms with E-state index in [-0.39, 0.29) is 0 Å². The van der Waals surface area contributed by atoms with Gasteiger partial charge in [-0.15, -0.1) is 22.7 Å². The minimum absolute atomic E-state index is 1.20. The number of hydrogen-bond donors (Lipinski definition) is 0. The Labute approximate surface area is 296 Å². The number of hydrogen-bond acceptors (Lipinski definition) is 2. The van der Waals surface area contributed by atoms with E-state index < -0.39 is 0 Å². The van der Waals surface area contributed by atoms with E-state index in [1.807, 2.05) is 22.7 Å². The second kappa shape index (κ2) is 16.2. The number of unbranched alkanes of at least 4 members (excludes halogenated alkanes) is 14. The van der Waals surface area contributed by atoms with Crippen LogP contribution in [0, 0.1) is 0 Å². The fourth-order valence-corrected chi connectivity index (χ4v) is 10.2. The largest absolute Gasteiger partial charge is 0.135 e. The molecule has 2 heterocycles. The molecule has 0 aliphatic rings. The molecule has 0 aliphatic heterocycles. The second-order valence-corrected chi connectivity index (χ2v) is 16.7. The number of rotatable bonds is 18. The van der Waals surface area contributed by atoms with Crippen molar-refractivity contribution in [2.24, 2.45) is 0 Å². The summed E-state index contributed by atoms with van der Waals surface area (Å²) in [6.45, 7) is 4.60. The van der Waals surface area contributed by atoms with E-state index in [2.05, 4.69) is 86.6 Å². The summed E-state index contributed by atoms with van der Waals surface area (Å²) in [4.78, 5) is 0. The van der Waals surface area contributed by atoms with Crippen molar-refractivity contribution in [2.75, 3.05) is 0 Å². The smallest absolute Gasteiger partial charge is 0.0362 e. The van der Waals surface area contributed by atoms with Crippen LogP contribution in [-0.2, 0) is 12.8 Å². The Morgan fingerprint density at radius 3 is 1.10 bits per heavy atom. The fraction of sp³-hybridized carbons (Fsp3) is 0.435. The lowest BCUT2D eigenvalue weighted by Gasteiger charge is -2.05. The fourth-order valence-electron chi connectivity index (χ4n) is 7.87. The zero-order valence-electron chi connectivity index (χ0n) is 29.5. The maximum atomic E-state index is 2.48. The summed E-state index contributed by atoms with van der Waals surface area (Å²) >= 11 is 3.93. The summed E-state index contributed by atoms with van der Waals surface area (Å²) in [7, 11) is 0. The molecule has 0 fully saturated rings. The van der Waals surface area contributed by atoms with Crippen molar-refractivity contribution < 1.29 is 0 Å². The third kappa shape index (κ3) is 7.76. The summed E-state index contributed by atoms with van der Waals surface area (Å²) in [5.74, 6) is 0. The Morgan fingerprint density at radius 1 is 0.333 bits per heavy atom. The first-order valence-corrected chi connectivity index (χ1v) is 21.0. The van der Waals surface area contributed by atoms with E-state index >= 15 is 0 Å². The highest BCUT2D eigenvalue weighted by Crippen LogP contribution is 2.43. The van der Waals surface area contributed by atoms with Crippen LogP contribution in [0.4, 0.5) is 0 Å². The van der Waals surface area contributed by atoms with Crippen LogP contribution in [0.15, 0.2) is 72.8 Å². The molecule has 250 valence electrons. The first kappa shape index (κ1) is 33.6. The van der Waals surface area contributed by atoms with Gasteiger partial charge in [0.05, 0.1) is 0 Å². The third-order valence-electron chi connectivity index (χ3n) is 10.7. The van der Waals surface area contributed by atoms with Gasteiger partial charge in [-0.25, -0.2) is 0 Å². The molecule has 0 saturated heterocycles. The second-order valence-electron chi connectivity index (χ2n) is 14.6. The highest BCUT2D eigenvalue weighted by Gasteiger charge is 2.13. The SMILES string of the molecule is CCCCCCCCCCc1ccc2cc3c(cc2c1)sc1cc2c(cc13)sc1cc3cc(CCCCCCCCCC)ccc3cc12. The van der Waals surface area contributed by atoms with Crippen molar-refractivity contribution in [2.45, 2.75) is 129 Å². The summed E-state index contributed by atoms with van der Waals surface area (Å²) in [6, 6.07) is 29.2. The van der Waals surface area contributed by atoms with Gasteiger partial charge in [-0.1, -0.05) is 140 Å². The predicted octanol–water partition coefficient (Wildman–Crippen LogP) is 16.1. The van der Waals surface area contributed by atoms with Crippen LogP contribution in [-0.4, -0.2) is 0 Å². The van der Waals surface area contributed by atoms with Gasteiger partial charge in [-0.3, -0.25) is 0 Å². The van der Waals surface area contributed by atoms with Crippen LogP contribution in [0.25, 0.3) is 61.9 Å². The highest BCUT2D eigenvalue weighted by atomic mass is 32.1. The van der Waals surface area contributed by atoms with Gasteiger partial charge < -0.3 is 0 Å². The van der Waals surface area contributed by atoms with Gasteiger partial charge in [-0.05, 0) is 94.8 Å². The molecule has 0 radical (unpaired) electrons. The summed E-state index contributed by atoms with van der Waals surface area (Å²) in [6.07, 6.45) is 24.5. The van der Waals surface area contributed by atoms with Crippen molar-refractivity contribution in [3.8, 4) is 0 Å². The van der Waals surface area contributed by atoms with E-state index in [0.29, 0.717) is 0 Å². The molecule has 0 atom stereocenters. The lowest BCUT2D eigenvalue weighted by atomic mass is 9.99. The molecule has 0 amide bonds. The normalized spacial score (nSPS) is 12.2. The number of thiophene rings is 2. The zero-order chi connectivity index (χ0) is 32.7. The van der Waals surface area contributed by atoms with Gasteiger partial charge in [0.25, 0.3) is 0 Å². The average molecular weight is 671 g/mol. The van der Waals surface area contributed by atoms with Crippen molar-refractivity contribution in [1.29, 1.82) is 0 Å². The van der Waals surface area contributed by atoms with Gasteiger partial charge in [-0.2, -0.15) is 0 Å². The van der Waals surface area contributed by atoms with Crippen LogP contribution in [0.2, 0.25) is 0 Å². The van der Waals surface area contributed by atoms with Crippen molar-refractivity contribution in [3.63, 3.8) is 0 Å². The van der Waals surface area contributed by atoms with Gasteiger partial charge in [0.2, 0.25) is 0 Å².